The summed E-state index contributed by atoms with van der Waals surface area (Å²) in [5, 5.41) is 23.1. The molecule has 0 saturated heterocycles. The number of hydrogen-bond acceptors (Lipinski definition) is 5. The van der Waals surface area contributed by atoms with E-state index in [0.29, 0.717) is 19.4 Å². The van der Waals surface area contributed by atoms with Gasteiger partial charge < -0.3 is 20.3 Å². The van der Waals surface area contributed by atoms with E-state index in [1.165, 1.54) is 225 Å². The Kier molecular flexibility index (Phi) is 56.0. The van der Waals surface area contributed by atoms with Crippen molar-refractivity contribution in [1.82, 2.24) is 5.32 Å². The van der Waals surface area contributed by atoms with Gasteiger partial charge in [-0.3, -0.25) is 9.59 Å². The number of aliphatic hydroxyl groups is 2. The Balaban J connectivity index is 3.54. The van der Waals surface area contributed by atoms with Gasteiger partial charge in [-0.05, 0) is 77.0 Å². The summed E-state index contributed by atoms with van der Waals surface area (Å²) >= 11 is 0. The van der Waals surface area contributed by atoms with Crippen molar-refractivity contribution in [3.8, 4) is 0 Å². The molecule has 1 amide bonds. The van der Waals surface area contributed by atoms with Gasteiger partial charge in [0.05, 0.1) is 25.4 Å². The number of carbonyl (C=O) groups excluding carboxylic acids is 2. The molecule has 6 nitrogen and oxygen atoms in total. The van der Waals surface area contributed by atoms with Crippen LogP contribution in [0.4, 0.5) is 0 Å². The predicted octanol–water partition coefficient (Wildman–Crippen LogP) is 18.8. The van der Waals surface area contributed by atoms with E-state index in [0.717, 1.165) is 70.6 Å². The van der Waals surface area contributed by atoms with Crippen molar-refractivity contribution in [2.75, 3.05) is 13.2 Å². The van der Waals surface area contributed by atoms with E-state index in [4.69, 9.17) is 4.74 Å². The molecule has 0 saturated carbocycles. The Morgan fingerprint density at radius 1 is 0.397 bits per heavy atom. The van der Waals surface area contributed by atoms with E-state index in [9.17, 15) is 19.8 Å². The Morgan fingerprint density at radius 3 is 1.07 bits per heavy atom. The summed E-state index contributed by atoms with van der Waals surface area (Å²) in [5.41, 5.74) is 0. The standard InChI is InChI=1S/C62H117NO5/c1-3-5-7-9-11-13-15-17-19-21-22-23-24-25-26-27-28-30-31-33-35-38-42-46-50-54-60(65)59(58-64)63-61(66)55-51-47-43-39-37-41-45-49-53-57-68-62(67)56-52-48-44-40-36-34-32-29-20-18-16-14-12-10-8-6-4-2/h18,20,39,43,50,54,59-60,64-65H,3-17,19,21-38,40-42,44-49,51-53,55-58H2,1-2H3,(H,63,66)/b20-18-,43-39-,54-50+. The Morgan fingerprint density at radius 2 is 0.706 bits per heavy atom. The molecular weight excluding hydrogens is 839 g/mol. The average Bonchev–Trinajstić information content (AvgIpc) is 3.34. The molecule has 0 aromatic rings. The lowest BCUT2D eigenvalue weighted by atomic mass is 10.0. The summed E-state index contributed by atoms with van der Waals surface area (Å²) < 4.78 is 5.45. The summed E-state index contributed by atoms with van der Waals surface area (Å²) in [5.74, 6) is -0.167. The topological polar surface area (TPSA) is 95.9 Å². The second kappa shape index (κ2) is 57.7. The van der Waals surface area contributed by atoms with E-state index in [1.54, 1.807) is 6.08 Å². The minimum atomic E-state index is -0.877. The highest BCUT2D eigenvalue weighted by molar-refractivity contribution is 5.76. The highest BCUT2D eigenvalue weighted by Gasteiger charge is 2.18. The fourth-order valence-corrected chi connectivity index (χ4v) is 9.22. The van der Waals surface area contributed by atoms with Crippen LogP contribution in [0.15, 0.2) is 36.5 Å². The van der Waals surface area contributed by atoms with Gasteiger partial charge in [-0.1, -0.05) is 269 Å². The number of nitrogens with one attached hydrogen (secondary N) is 1. The second-order valence-electron chi connectivity index (χ2n) is 20.7. The lowest BCUT2D eigenvalue weighted by Crippen LogP contribution is -2.45. The first-order chi connectivity index (χ1) is 33.5. The third-order valence-electron chi connectivity index (χ3n) is 13.9. The normalized spacial score (nSPS) is 12.8. The first-order valence-electron chi connectivity index (χ1n) is 30.3. The SMILES string of the molecule is CCCCCCCC/C=C\CCCCCCCCCC(=O)OCCCCCC/C=C\CCCC(=O)NC(CO)C(O)/C=C/CCCCCCCCCCCCCCCCCCCCCCCCC. The zero-order valence-electron chi connectivity index (χ0n) is 45.6. The van der Waals surface area contributed by atoms with E-state index in [1.807, 2.05) is 6.08 Å². The molecule has 0 aliphatic heterocycles. The van der Waals surface area contributed by atoms with E-state index < -0.39 is 12.1 Å². The van der Waals surface area contributed by atoms with Crippen LogP contribution in [0.2, 0.25) is 0 Å². The van der Waals surface area contributed by atoms with Gasteiger partial charge in [0.2, 0.25) is 5.91 Å². The smallest absolute Gasteiger partial charge is 0.305 e. The maximum Gasteiger partial charge on any atom is 0.305 e. The summed E-state index contributed by atoms with van der Waals surface area (Å²) in [6, 6.07) is -0.667. The number of allylic oxidation sites excluding steroid dienone is 5. The lowest BCUT2D eigenvalue weighted by Gasteiger charge is -2.19. The molecule has 0 heterocycles. The zero-order valence-corrected chi connectivity index (χ0v) is 45.6. The van der Waals surface area contributed by atoms with Crippen LogP contribution in [-0.2, 0) is 14.3 Å². The molecule has 2 unspecified atom stereocenters. The minimum Gasteiger partial charge on any atom is -0.466 e. The molecule has 0 aliphatic carbocycles. The van der Waals surface area contributed by atoms with Crippen molar-refractivity contribution in [2.24, 2.45) is 0 Å². The van der Waals surface area contributed by atoms with Gasteiger partial charge >= 0.3 is 5.97 Å². The molecule has 0 aromatic heterocycles. The van der Waals surface area contributed by atoms with Crippen LogP contribution in [-0.4, -0.2) is 47.4 Å². The molecule has 0 rings (SSSR count). The van der Waals surface area contributed by atoms with Crippen LogP contribution < -0.4 is 5.32 Å². The maximum atomic E-state index is 12.5. The third kappa shape index (κ3) is 53.4. The van der Waals surface area contributed by atoms with Gasteiger partial charge in [0.1, 0.15) is 0 Å². The molecular formula is C62H117NO5. The van der Waals surface area contributed by atoms with Crippen molar-refractivity contribution < 1.29 is 24.5 Å². The average molecular weight is 957 g/mol. The maximum absolute atomic E-state index is 12.5. The summed E-state index contributed by atoms with van der Waals surface area (Å²) in [7, 11) is 0. The minimum absolute atomic E-state index is 0.0407. The number of aliphatic hydroxyl groups excluding tert-OH is 2. The summed E-state index contributed by atoms with van der Waals surface area (Å²) in [6.07, 6.45) is 71.9. The molecule has 0 radical (unpaired) electrons. The predicted molar refractivity (Wildman–Crippen MR) is 296 cm³/mol. The zero-order chi connectivity index (χ0) is 49.3. The molecule has 3 N–H and O–H groups in total. The Labute approximate surface area is 424 Å². The molecule has 0 spiro atoms. The molecule has 2 atom stereocenters. The molecule has 400 valence electrons. The van der Waals surface area contributed by atoms with Crippen LogP contribution in [0, 0.1) is 0 Å². The molecule has 0 aliphatic rings. The van der Waals surface area contributed by atoms with Crippen LogP contribution >= 0.6 is 0 Å². The molecule has 68 heavy (non-hydrogen) atoms. The Bertz CT molecular complexity index is 1100. The fourth-order valence-electron chi connectivity index (χ4n) is 9.22. The fraction of sp³-hybridized carbons (Fsp3) is 0.871. The van der Waals surface area contributed by atoms with E-state index >= 15 is 0 Å². The number of amides is 1. The second-order valence-corrected chi connectivity index (χ2v) is 20.7. The lowest BCUT2D eigenvalue weighted by molar-refractivity contribution is -0.143. The highest BCUT2D eigenvalue weighted by atomic mass is 16.5. The van der Waals surface area contributed by atoms with Gasteiger partial charge in [0.25, 0.3) is 0 Å². The van der Waals surface area contributed by atoms with Crippen molar-refractivity contribution in [2.45, 2.75) is 334 Å². The van der Waals surface area contributed by atoms with Gasteiger partial charge in [-0.25, -0.2) is 0 Å². The Hall–Kier alpha value is -1.92. The number of ether oxygens (including phenoxy) is 1. The van der Waals surface area contributed by atoms with E-state index in [2.05, 4.69) is 43.5 Å². The van der Waals surface area contributed by atoms with Gasteiger partial charge in [-0.2, -0.15) is 0 Å². The molecule has 6 heteroatoms. The monoisotopic (exact) mass is 956 g/mol. The van der Waals surface area contributed by atoms with Gasteiger partial charge in [0.15, 0.2) is 0 Å². The number of unbranched alkanes of at least 4 members (excludes halogenated alkanes) is 41. The van der Waals surface area contributed by atoms with Crippen LogP contribution in [0.1, 0.15) is 322 Å². The number of hydrogen-bond donors (Lipinski definition) is 3. The summed E-state index contributed by atoms with van der Waals surface area (Å²) in [4.78, 5) is 24.5. The van der Waals surface area contributed by atoms with Crippen LogP contribution in [0.3, 0.4) is 0 Å². The van der Waals surface area contributed by atoms with Crippen molar-refractivity contribution >= 4 is 11.9 Å². The first kappa shape index (κ1) is 66.1. The van der Waals surface area contributed by atoms with Crippen LogP contribution in [0.25, 0.3) is 0 Å². The molecule has 0 fully saturated rings. The number of esters is 1. The largest absolute Gasteiger partial charge is 0.466 e. The van der Waals surface area contributed by atoms with Crippen molar-refractivity contribution in [3.63, 3.8) is 0 Å². The van der Waals surface area contributed by atoms with Crippen LogP contribution in [0.5, 0.6) is 0 Å². The molecule has 0 bridgehead atoms. The molecule has 0 aromatic carbocycles. The van der Waals surface area contributed by atoms with Crippen molar-refractivity contribution in [3.05, 3.63) is 36.5 Å². The number of carbonyl (C=O) groups is 2. The first-order valence-corrected chi connectivity index (χ1v) is 30.3. The van der Waals surface area contributed by atoms with Gasteiger partial charge in [-0.15, -0.1) is 0 Å². The van der Waals surface area contributed by atoms with Gasteiger partial charge in [0, 0.05) is 12.8 Å². The quantitative estimate of drug-likeness (QED) is 0.0321. The van der Waals surface area contributed by atoms with Crippen molar-refractivity contribution in [1.29, 1.82) is 0 Å². The number of rotatable bonds is 56. The summed E-state index contributed by atoms with van der Waals surface area (Å²) in [6.45, 7) is 4.82. The third-order valence-corrected chi connectivity index (χ3v) is 13.9. The highest BCUT2D eigenvalue weighted by Crippen LogP contribution is 2.17. The van der Waals surface area contributed by atoms with E-state index in [-0.39, 0.29) is 18.5 Å².